The van der Waals surface area contributed by atoms with Crippen LogP contribution >= 0.6 is 12.4 Å². The molecule has 5 heteroatoms. The van der Waals surface area contributed by atoms with Gasteiger partial charge in [0.15, 0.2) is 0 Å². The number of fused-ring (bicyclic) bond motifs is 2. The minimum atomic E-state index is 0. The molecule has 3 N–H and O–H groups in total. The molecule has 0 heterocycles. The minimum Gasteiger partial charge on any atom is -0.496 e. The first kappa shape index (κ1) is 16.1. The topological polar surface area (TPSA) is 64.3 Å². The monoisotopic (exact) mass is 310 g/mol. The van der Waals surface area contributed by atoms with E-state index >= 15 is 0 Å². The molecule has 3 rings (SSSR count). The Hall–Kier alpha value is -1.26. The largest absolute Gasteiger partial charge is 0.496 e. The fourth-order valence-electron chi connectivity index (χ4n) is 3.87. The maximum absolute atomic E-state index is 12.4. The molecule has 1 amide bonds. The first-order valence-electron chi connectivity index (χ1n) is 7.36. The number of nitrogens with two attached hydrogens (primary N) is 1. The number of hydrogen-bond acceptors (Lipinski definition) is 3. The van der Waals surface area contributed by atoms with Crippen LogP contribution in [0.1, 0.15) is 24.8 Å². The molecule has 4 nitrogen and oxygen atoms in total. The average molecular weight is 311 g/mol. The molecule has 21 heavy (non-hydrogen) atoms. The molecule has 2 aliphatic rings. The highest BCUT2D eigenvalue weighted by Crippen LogP contribution is 2.47. The van der Waals surface area contributed by atoms with Crippen molar-refractivity contribution in [2.45, 2.75) is 31.8 Å². The summed E-state index contributed by atoms with van der Waals surface area (Å²) < 4.78 is 5.30. The van der Waals surface area contributed by atoms with Gasteiger partial charge in [-0.3, -0.25) is 4.79 Å². The van der Waals surface area contributed by atoms with E-state index in [-0.39, 0.29) is 30.3 Å². The van der Waals surface area contributed by atoms with Crippen molar-refractivity contribution < 1.29 is 9.53 Å². The van der Waals surface area contributed by atoms with Crippen LogP contribution in [-0.2, 0) is 11.3 Å². The van der Waals surface area contributed by atoms with E-state index in [1.54, 1.807) is 7.11 Å². The zero-order valence-corrected chi connectivity index (χ0v) is 13.1. The van der Waals surface area contributed by atoms with Crippen molar-refractivity contribution in [1.29, 1.82) is 0 Å². The molecule has 4 unspecified atom stereocenters. The van der Waals surface area contributed by atoms with Gasteiger partial charge in [0.05, 0.1) is 13.0 Å². The Bertz CT molecular complexity index is 507. The molecule has 2 aliphatic carbocycles. The maximum Gasteiger partial charge on any atom is 0.225 e. The minimum absolute atomic E-state index is 0. The zero-order valence-electron chi connectivity index (χ0n) is 12.2. The molecule has 1 aromatic carbocycles. The van der Waals surface area contributed by atoms with Gasteiger partial charge in [0.25, 0.3) is 0 Å². The Balaban J connectivity index is 0.00000161. The van der Waals surface area contributed by atoms with Crippen LogP contribution in [0.15, 0.2) is 24.3 Å². The fraction of sp³-hybridized carbons (Fsp3) is 0.562. The normalized spacial score (nSPS) is 29.8. The molecular weight excluding hydrogens is 288 g/mol. The summed E-state index contributed by atoms with van der Waals surface area (Å²) in [5.41, 5.74) is 7.20. The molecular formula is C16H23ClN2O2. The van der Waals surface area contributed by atoms with Crippen molar-refractivity contribution in [2.24, 2.45) is 23.5 Å². The third-order valence-corrected chi connectivity index (χ3v) is 4.93. The number of nitrogens with one attached hydrogen (secondary N) is 1. The number of ether oxygens (including phenoxy) is 1. The molecule has 0 spiro atoms. The van der Waals surface area contributed by atoms with Crippen LogP contribution in [-0.4, -0.2) is 19.1 Å². The van der Waals surface area contributed by atoms with Crippen LogP contribution in [0, 0.1) is 17.8 Å². The van der Waals surface area contributed by atoms with Gasteiger partial charge in [-0.25, -0.2) is 0 Å². The summed E-state index contributed by atoms with van der Waals surface area (Å²) in [7, 11) is 1.65. The van der Waals surface area contributed by atoms with Gasteiger partial charge in [0, 0.05) is 18.2 Å². The van der Waals surface area contributed by atoms with Gasteiger partial charge in [-0.2, -0.15) is 0 Å². The maximum atomic E-state index is 12.4. The number of benzene rings is 1. The molecule has 0 aromatic heterocycles. The van der Waals surface area contributed by atoms with Gasteiger partial charge >= 0.3 is 0 Å². The predicted molar refractivity (Wildman–Crippen MR) is 84.4 cm³/mol. The van der Waals surface area contributed by atoms with Gasteiger partial charge in [-0.15, -0.1) is 12.4 Å². The highest BCUT2D eigenvalue weighted by atomic mass is 35.5. The number of rotatable bonds is 4. The first-order valence-corrected chi connectivity index (χ1v) is 7.36. The summed E-state index contributed by atoms with van der Waals surface area (Å²) in [6, 6.07) is 7.81. The number of methoxy groups -OCH3 is 1. The van der Waals surface area contributed by atoms with E-state index in [9.17, 15) is 4.79 Å². The van der Waals surface area contributed by atoms with E-state index in [0.717, 1.165) is 24.2 Å². The highest BCUT2D eigenvalue weighted by Gasteiger charge is 2.48. The first-order chi connectivity index (χ1) is 9.70. The van der Waals surface area contributed by atoms with Crippen molar-refractivity contribution >= 4 is 18.3 Å². The third-order valence-electron chi connectivity index (χ3n) is 4.93. The lowest BCUT2D eigenvalue weighted by molar-refractivity contribution is -0.127. The molecule has 116 valence electrons. The van der Waals surface area contributed by atoms with E-state index in [2.05, 4.69) is 5.32 Å². The Labute approximate surface area is 131 Å². The summed E-state index contributed by atoms with van der Waals surface area (Å²) in [5.74, 6) is 1.97. The second kappa shape index (κ2) is 6.67. The lowest BCUT2D eigenvalue weighted by atomic mass is 9.84. The molecule has 2 bridgehead atoms. The number of hydrogen-bond donors (Lipinski definition) is 2. The number of halogens is 1. The SMILES string of the molecule is COc1ccccc1CNC(=O)C1C2CCC(C2)C1N.Cl. The molecule has 0 aliphatic heterocycles. The molecule has 2 fully saturated rings. The Kier molecular flexibility index (Phi) is 5.12. The molecule has 0 radical (unpaired) electrons. The van der Waals surface area contributed by atoms with E-state index in [1.165, 1.54) is 6.42 Å². The van der Waals surface area contributed by atoms with Gasteiger partial charge in [0.1, 0.15) is 5.75 Å². The summed E-state index contributed by atoms with van der Waals surface area (Å²) in [6.45, 7) is 0.503. The Morgan fingerprint density at radius 3 is 2.71 bits per heavy atom. The Morgan fingerprint density at radius 1 is 1.33 bits per heavy atom. The smallest absolute Gasteiger partial charge is 0.225 e. The van der Waals surface area contributed by atoms with Crippen LogP contribution in [0.2, 0.25) is 0 Å². The Morgan fingerprint density at radius 2 is 2.05 bits per heavy atom. The lowest BCUT2D eigenvalue weighted by Gasteiger charge is -2.27. The summed E-state index contributed by atoms with van der Waals surface area (Å²) >= 11 is 0. The third kappa shape index (κ3) is 3.01. The summed E-state index contributed by atoms with van der Waals surface area (Å²) in [6.07, 6.45) is 3.49. The van der Waals surface area contributed by atoms with Crippen LogP contribution in [0.4, 0.5) is 0 Å². The van der Waals surface area contributed by atoms with Crippen LogP contribution < -0.4 is 15.8 Å². The van der Waals surface area contributed by atoms with Crippen LogP contribution in [0.25, 0.3) is 0 Å². The number of amides is 1. The number of carbonyl (C=O) groups is 1. The van der Waals surface area contributed by atoms with E-state index in [0.29, 0.717) is 18.4 Å². The van der Waals surface area contributed by atoms with Crippen molar-refractivity contribution in [1.82, 2.24) is 5.32 Å². The number of para-hydroxylation sites is 1. The summed E-state index contributed by atoms with van der Waals surface area (Å²) in [4.78, 5) is 12.4. The molecule has 1 aromatic rings. The van der Waals surface area contributed by atoms with Crippen molar-refractivity contribution in [3.05, 3.63) is 29.8 Å². The molecule has 0 saturated heterocycles. The second-order valence-corrected chi connectivity index (χ2v) is 5.97. The lowest BCUT2D eigenvalue weighted by Crippen LogP contribution is -2.45. The van der Waals surface area contributed by atoms with Gasteiger partial charge < -0.3 is 15.8 Å². The van der Waals surface area contributed by atoms with Crippen molar-refractivity contribution in [3.63, 3.8) is 0 Å². The highest BCUT2D eigenvalue weighted by molar-refractivity contribution is 5.85. The second-order valence-electron chi connectivity index (χ2n) is 5.97. The molecule has 4 atom stereocenters. The zero-order chi connectivity index (χ0) is 14.1. The van der Waals surface area contributed by atoms with E-state index in [4.69, 9.17) is 10.5 Å². The van der Waals surface area contributed by atoms with Gasteiger partial charge in [-0.05, 0) is 37.2 Å². The van der Waals surface area contributed by atoms with Crippen LogP contribution in [0.5, 0.6) is 5.75 Å². The number of carbonyl (C=O) groups excluding carboxylic acids is 1. The standard InChI is InChI=1S/C16H22N2O2.ClH/c1-20-13-5-3-2-4-12(13)9-18-16(19)14-10-6-7-11(8-10)15(14)17;/h2-5,10-11,14-15H,6-9,17H2,1H3,(H,18,19);1H. The quantitative estimate of drug-likeness (QED) is 0.895. The summed E-state index contributed by atoms with van der Waals surface area (Å²) in [5, 5.41) is 3.03. The van der Waals surface area contributed by atoms with E-state index < -0.39 is 0 Å². The van der Waals surface area contributed by atoms with Gasteiger partial charge in [0.2, 0.25) is 5.91 Å². The van der Waals surface area contributed by atoms with E-state index in [1.807, 2.05) is 24.3 Å². The predicted octanol–water partition coefficient (Wildman–Crippen LogP) is 2.11. The average Bonchev–Trinajstić information content (AvgIpc) is 3.06. The van der Waals surface area contributed by atoms with Crippen LogP contribution in [0.3, 0.4) is 0 Å². The van der Waals surface area contributed by atoms with Crippen molar-refractivity contribution in [2.75, 3.05) is 7.11 Å². The van der Waals surface area contributed by atoms with Gasteiger partial charge in [-0.1, -0.05) is 18.2 Å². The van der Waals surface area contributed by atoms with Crippen molar-refractivity contribution in [3.8, 4) is 5.75 Å². The molecule has 2 saturated carbocycles. The fourth-order valence-corrected chi connectivity index (χ4v) is 3.87.